The maximum absolute atomic E-state index is 11.1. The number of para-hydroxylation sites is 1. The number of aliphatic carboxylic acids is 1. The number of aryl methyl sites for hydroxylation is 1. The van der Waals surface area contributed by atoms with Crippen LogP contribution in [0.15, 0.2) is 18.2 Å². The van der Waals surface area contributed by atoms with E-state index in [1.807, 2.05) is 13.0 Å². The molecule has 82 valence electrons. The fourth-order valence-corrected chi connectivity index (χ4v) is 1.68. The van der Waals surface area contributed by atoms with Gasteiger partial charge in [-0.25, -0.2) is 4.79 Å². The molecule has 1 aromatic carbocycles. The van der Waals surface area contributed by atoms with Crippen LogP contribution >= 0.6 is 0 Å². The van der Waals surface area contributed by atoms with Gasteiger partial charge in [-0.3, -0.25) is 0 Å². The number of hydrogen-bond acceptors (Lipinski definition) is 3. The van der Waals surface area contributed by atoms with E-state index >= 15 is 0 Å². The molecule has 0 spiro atoms. The van der Waals surface area contributed by atoms with Crippen molar-refractivity contribution in [3.63, 3.8) is 0 Å². The predicted molar refractivity (Wildman–Crippen MR) is 59.1 cm³/mol. The number of carboxylic acids is 1. The first-order valence-corrected chi connectivity index (χ1v) is 5.10. The van der Waals surface area contributed by atoms with Gasteiger partial charge >= 0.3 is 5.97 Å². The maximum atomic E-state index is 11.1. The Morgan fingerprint density at radius 1 is 1.56 bits per heavy atom. The summed E-state index contributed by atoms with van der Waals surface area (Å²) >= 11 is 0. The number of carbonyl (C=O) groups is 1. The number of anilines is 1. The summed E-state index contributed by atoms with van der Waals surface area (Å²) in [7, 11) is 0. The molecule has 2 rings (SSSR count). The Hall–Kier alpha value is -2.02. The van der Waals surface area contributed by atoms with E-state index in [0.29, 0.717) is 24.1 Å². The molecule has 0 saturated heterocycles. The molecule has 1 saturated carbocycles. The molecular formula is C12H12N2O2. The number of carboxylic acid groups (broad SMARTS) is 1. The van der Waals surface area contributed by atoms with Gasteiger partial charge in [0.1, 0.15) is 11.6 Å². The van der Waals surface area contributed by atoms with Crippen molar-refractivity contribution in [1.29, 1.82) is 5.26 Å². The molecule has 0 aromatic heterocycles. The number of hydrogen-bond donors (Lipinski definition) is 2. The zero-order valence-corrected chi connectivity index (χ0v) is 8.95. The van der Waals surface area contributed by atoms with Gasteiger partial charge in [0.15, 0.2) is 0 Å². The fourth-order valence-electron chi connectivity index (χ4n) is 1.68. The van der Waals surface area contributed by atoms with Crippen molar-refractivity contribution >= 4 is 11.7 Å². The number of nitriles is 1. The third kappa shape index (κ3) is 1.61. The van der Waals surface area contributed by atoms with Crippen molar-refractivity contribution in [2.75, 3.05) is 5.32 Å². The minimum Gasteiger partial charge on any atom is -0.480 e. The van der Waals surface area contributed by atoms with E-state index in [-0.39, 0.29) is 0 Å². The molecule has 0 aliphatic heterocycles. The Balaban J connectivity index is 2.35. The van der Waals surface area contributed by atoms with Crippen LogP contribution in [0.5, 0.6) is 0 Å². The Morgan fingerprint density at radius 3 is 2.75 bits per heavy atom. The summed E-state index contributed by atoms with van der Waals surface area (Å²) in [6, 6.07) is 7.41. The zero-order chi connectivity index (χ0) is 11.8. The lowest BCUT2D eigenvalue weighted by atomic mass is 10.1. The first-order chi connectivity index (χ1) is 7.59. The van der Waals surface area contributed by atoms with Crippen LogP contribution in [0.4, 0.5) is 5.69 Å². The van der Waals surface area contributed by atoms with Gasteiger partial charge in [-0.05, 0) is 31.4 Å². The summed E-state index contributed by atoms with van der Waals surface area (Å²) < 4.78 is 0. The smallest absolute Gasteiger partial charge is 0.329 e. The third-order valence-corrected chi connectivity index (χ3v) is 2.92. The molecule has 4 nitrogen and oxygen atoms in total. The van der Waals surface area contributed by atoms with Crippen molar-refractivity contribution in [3.8, 4) is 6.07 Å². The van der Waals surface area contributed by atoms with Gasteiger partial charge in [0.05, 0.1) is 11.3 Å². The van der Waals surface area contributed by atoms with E-state index in [4.69, 9.17) is 10.4 Å². The highest BCUT2D eigenvalue weighted by molar-refractivity contribution is 5.87. The van der Waals surface area contributed by atoms with Crippen molar-refractivity contribution in [2.24, 2.45) is 0 Å². The van der Waals surface area contributed by atoms with Crippen LogP contribution < -0.4 is 5.32 Å². The van der Waals surface area contributed by atoms with E-state index < -0.39 is 11.5 Å². The maximum Gasteiger partial charge on any atom is 0.329 e. The molecule has 1 fully saturated rings. The topological polar surface area (TPSA) is 73.1 Å². The highest BCUT2D eigenvalue weighted by Crippen LogP contribution is 2.40. The Bertz CT molecular complexity index is 484. The van der Waals surface area contributed by atoms with E-state index in [1.165, 1.54) is 0 Å². The average Bonchev–Trinajstić information content (AvgIpc) is 3.02. The summed E-state index contributed by atoms with van der Waals surface area (Å²) in [5.74, 6) is -0.848. The zero-order valence-electron chi connectivity index (χ0n) is 8.95. The number of nitrogens with one attached hydrogen (secondary N) is 1. The Labute approximate surface area is 93.5 Å². The van der Waals surface area contributed by atoms with Crippen molar-refractivity contribution in [1.82, 2.24) is 0 Å². The van der Waals surface area contributed by atoms with Gasteiger partial charge in [-0.2, -0.15) is 5.26 Å². The lowest BCUT2D eigenvalue weighted by Gasteiger charge is -2.17. The van der Waals surface area contributed by atoms with Crippen LogP contribution in [0.2, 0.25) is 0 Å². The normalized spacial score (nSPS) is 16.2. The molecule has 0 bridgehead atoms. The van der Waals surface area contributed by atoms with E-state index in [2.05, 4.69) is 11.4 Å². The summed E-state index contributed by atoms with van der Waals surface area (Å²) in [5, 5.41) is 21.0. The van der Waals surface area contributed by atoms with Gasteiger partial charge in [0.2, 0.25) is 0 Å². The van der Waals surface area contributed by atoms with Crippen LogP contribution in [-0.2, 0) is 4.79 Å². The quantitative estimate of drug-likeness (QED) is 0.809. The minimum atomic E-state index is -0.849. The Kier molecular flexibility index (Phi) is 2.31. The predicted octanol–water partition coefficient (Wildman–Crippen LogP) is 1.90. The van der Waals surface area contributed by atoms with Crippen molar-refractivity contribution in [3.05, 3.63) is 29.3 Å². The van der Waals surface area contributed by atoms with Crippen LogP contribution in [-0.4, -0.2) is 16.6 Å². The van der Waals surface area contributed by atoms with E-state index in [0.717, 1.165) is 5.56 Å². The third-order valence-electron chi connectivity index (χ3n) is 2.92. The molecule has 0 amide bonds. The van der Waals surface area contributed by atoms with Crippen molar-refractivity contribution in [2.45, 2.75) is 25.3 Å². The highest BCUT2D eigenvalue weighted by Gasteiger charge is 2.50. The molecule has 1 aromatic rings. The van der Waals surface area contributed by atoms with Gasteiger partial charge in [-0.1, -0.05) is 12.1 Å². The molecule has 0 heterocycles. The first kappa shape index (κ1) is 10.5. The van der Waals surface area contributed by atoms with Crippen LogP contribution in [0.3, 0.4) is 0 Å². The van der Waals surface area contributed by atoms with Gasteiger partial charge < -0.3 is 10.4 Å². The van der Waals surface area contributed by atoms with Crippen LogP contribution in [0.1, 0.15) is 24.0 Å². The molecule has 1 aliphatic carbocycles. The highest BCUT2D eigenvalue weighted by atomic mass is 16.4. The minimum absolute atomic E-state index is 0.493. The molecule has 2 N–H and O–H groups in total. The second-order valence-electron chi connectivity index (χ2n) is 4.12. The first-order valence-electron chi connectivity index (χ1n) is 5.10. The van der Waals surface area contributed by atoms with Gasteiger partial charge in [0.25, 0.3) is 0 Å². The average molecular weight is 216 g/mol. The van der Waals surface area contributed by atoms with E-state index in [9.17, 15) is 4.79 Å². The lowest BCUT2D eigenvalue weighted by molar-refractivity contribution is -0.138. The lowest BCUT2D eigenvalue weighted by Crippen LogP contribution is -2.32. The molecule has 4 heteroatoms. The van der Waals surface area contributed by atoms with Crippen molar-refractivity contribution < 1.29 is 9.90 Å². The number of benzene rings is 1. The molecule has 0 radical (unpaired) electrons. The largest absolute Gasteiger partial charge is 0.480 e. The summed E-state index contributed by atoms with van der Waals surface area (Å²) in [6.45, 7) is 1.86. The second kappa shape index (κ2) is 3.53. The number of rotatable bonds is 3. The standard InChI is InChI=1S/C12H12N2O2/c1-8-3-2-4-9(7-13)10(8)14-12(5-6-12)11(15)16/h2-4,14H,5-6H2,1H3,(H,15,16). The summed E-state index contributed by atoms with van der Waals surface area (Å²) in [4.78, 5) is 11.1. The van der Waals surface area contributed by atoms with Gasteiger partial charge in [0, 0.05) is 0 Å². The molecule has 0 atom stereocenters. The van der Waals surface area contributed by atoms with Gasteiger partial charge in [-0.15, -0.1) is 0 Å². The molecule has 0 unspecified atom stereocenters. The molecular weight excluding hydrogens is 204 g/mol. The second-order valence-corrected chi connectivity index (χ2v) is 4.12. The Morgan fingerprint density at radius 2 is 2.25 bits per heavy atom. The molecule has 1 aliphatic rings. The van der Waals surface area contributed by atoms with E-state index in [1.54, 1.807) is 12.1 Å². The summed E-state index contributed by atoms with van der Waals surface area (Å²) in [5.41, 5.74) is 1.18. The SMILES string of the molecule is Cc1cccc(C#N)c1NC1(C(=O)O)CC1. The van der Waals surface area contributed by atoms with Crippen LogP contribution in [0.25, 0.3) is 0 Å². The fraction of sp³-hybridized carbons (Fsp3) is 0.333. The molecule has 16 heavy (non-hydrogen) atoms. The summed E-state index contributed by atoms with van der Waals surface area (Å²) in [6.07, 6.45) is 1.23. The number of nitrogens with zero attached hydrogens (tertiary/aromatic N) is 1. The van der Waals surface area contributed by atoms with Crippen LogP contribution in [0, 0.1) is 18.3 Å². The monoisotopic (exact) mass is 216 g/mol.